The molecule has 0 radical (unpaired) electrons. The lowest BCUT2D eigenvalue weighted by molar-refractivity contribution is 0.285. The normalized spacial score (nSPS) is 18.2. The summed E-state index contributed by atoms with van der Waals surface area (Å²) in [5.41, 5.74) is 3.83. The number of anilines is 2. The van der Waals surface area contributed by atoms with Gasteiger partial charge in [-0.1, -0.05) is 19.9 Å². The highest BCUT2D eigenvalue weighted by Crippen LogP contribution is 2.30. The van der Waals surface area contributed by atoms with E-state index in [-0.39, 0.29) is 5.92 Å². The van der Waals surface area contributed by atoms with Gasteiger partial charge in [0.1, 0.15) is 5.82 Å². The minimum Gasteiger partial charge on any atom is -0.340 e. The predicted octanol–water partition coefficient (Wildman–Crippen LogP) is 3.60. The van der Waals surface area contributed by atoms with Crippen LogP contribution in [0.3, 0.4) is 0 Å². The summed E-state index contributed by atoms with van der Waals surface area (Å²) in [4.78, 5) is 9.13. The summed E-state index contributed by atoms with van der Waals surface area (Å²) < 4.78 is 29.0. The van der Waals surface area contributed by atoms with Crippen LogP contribution in [-0.4, -0.2) is 53.2 Å². The maximum Gasteiger partial charge on any atom is 0.281 e. The average Bonchev–Trinajstić information content (AvgIpc) is 2.70. The minimum absolute atomic E-state index is 0.0827. The van der Waals surface area contributed by atoms with Crippen LogP contribution in [0.4, 0.5) is 11.5 Å². The van der Waals surface area contributed by atoms with Crippen molar-refractivity contribution in [3.05, 3.63) is 47.4 Å². The molecule has 3 rings (SSSR count). The summed E-state index contributed by atoms with van der Waals surface area (Å²) in [5, 5.41) is 3.38. The second kappa shape index (κ2) is 9.19. The van der Waals surface area contributed by atoms with E-state index in [1.807, 2.05) is 52.0 Å². The lowest BCUT2D eigenvalue weighted by Gasteiger charge is -2.35. The fourth-order valence-corrected chi connectivity index (χ4v) is 5.54. The van der Waals surface area contributed by atoms with E-state index in [1.165, 1.54) is 4.31 Å². The van der Waals surface area contributed by atoms with Crippen LogP contribution in [0.15, 0.2) is 30.5 Å². The van der Waals surface area contributed by atoms with E-state index in [2.05, 4.69) is 10.3 Å². The van der Waals surface area contributed by atoms with E-state index in [4.69, 9.17) is 4.98 Å². The quantitative estimate of drug-likeness (QED) is 0.745. The first-order valence-corrected chi connectivity index (χ1v) is 11.7. The third-order valence-electron chi connectivity index (χ3n) is 5.41. The molecule has 0 bridgehead atoms. The van der Waals surface area contributed by atoms with Crippen molar-refractivity contribution in [2.45, 2.75) is 46.5 Å². The van der Waals surface area contributed by atoms with Crippen molar-refractivity contribution in [3.8, 4) is 0 Å². The third kappa shape index (κ3) is 4.94. The highest BCUT2D eigenvalue weighted by molar-refractivity contribution is 7.86. The number of rotatable bonds is 7. The molecule has 8 heteroatoms. The first-order valence-electron chi connectivity index (χ1n) is 10.3. The monoisotopic (exact) mass is 417 g/mol. The highest BCUT2D eigenvalue weighted by atomic mass is 32.2. The maximum absolute atomic E-state index is 12.9. The van der Waals surface area contributed by atoms with Gasteiger partial charge in [0, 0.05) is 55.4 Å². The van der Waals surface area contributed by atoms with Gasteiger partial charge in [0.2, 0.25) is 0 Å². The Balaban J connectivity index is 1.83. The molecule has 2 aromatic heterocycles. The Labute approximate surface area is 174 Å². The molecular weight excluding hydrogens is 386 g/mol. The molecule has 1 atom stereocenters. The summed E-state index contributed by atoms with van der Waals surface area (Å²) in [6.45, 7) is 9.75. The van der Waals surface area contributed by atoms with Crippen molar-refractivity contribution in [1.29, 1.82) is 0 Å². The van der Waals surface area contributed by atoms with Crippen molar-refractivity contribution in [2.24, 2.45) is 0 Å². The number of hydrogen-bond acceptors (Lipinski definition) is 5. The SMILES string of the molecule is CCN(CC)S(=O)(=O)N1CCCC(c2cc(Nc3ncccc3C)cc(C)n2)C1. The summed E-state index contributed by atoms with van der Waals surface area (Å²) in [7, 11) is -3.43. The van der Waals surface area contributed by atoms with Gasteiger partial charge in [-0.05, 0) is 50.5 Å². The molecule has 1 aliphatic rings. The molecule has 2 aromatic rings. The maximum atomic E-state index is 12.9. The molecule has 0 spiro atoms. The Morgan fingerprint density at radius 1 is 1.24 bits per heavy atom. The molecule has 0 amide bonds. The molecule has 1 aliphatic heterocycles. The minimum atomic E-state index is -3.43. The van der Waals surface area contributed by atoms with Gasteiger partial charge in [-0.2, -0.15) is 17.0 Å². The average molecular weight is 418 g/mol. The first kappa shape index (κ1) is 21.7. The fourth-order valence-electron chi connectivity index (χ4n) is 3.84. The number of aromatic nitrogens is 2. The summed E-state index contributed by atoms with van der Waals surface area (Å²) >= 11 is 0. The highest BCUT2D eigenvalue weighted by Gasteiger charge is 2.33. The smallest absolute Gasteiger partial charge is 0.281 e. The Bertz CT molecular complexity index is 944. The Morgan fingerprint density at radius 2 is 2.00 bits per heavy atom. The Hall–Kier alpha value is -2.03. The molecule has 1 fully saturated rings. The molecule has 1 N–H and O–H groups in total. The van der Waals surface area contributed by atoms with Gasteiger partial charge >= 0.3 is 0 Å². The molecule has 0 saturated carbocycles. The summed E-state index contributed by atoms with van der Waals surface area (Å²) in [5.74, 6) is 0.901. The van der Waals surface area contributed by atoms with Crippen LogP contribution in [0.2, 0.25) is 0 Å². The number of nitrogens with one attached hydrogen (secondary N) is 1. The van der Waals surface area contributed by atoms with Crippen molar-refractivity contribution < 1.29 is 8.42 Å². The van der Waals surface area contributed by atoms with Gasteiger partial charge in [0.05, 0.1) is 0 Å². The zero-order chi connectivity index (χ0) is 21.0. The Kier molecular flexibility index (Phi) is 6.87. The topological polar surface area (TPSA) is 78.4 Å². The van der Waals surface area contributed by atoms with Crippen molar-refractivity contribution >= 4 is 21.7 Å². The summed E-state index contributed by atoms with van der Waals surface area (Å²) in [6, 6.07) is 7.95. The molecule has 29 heavy (non-hydrogen) atoms. The van der Waals surface area contributed by atoms with Crippen LogP contribution in [0, 0.1) is 13.8 Å². The van der Waals surface area contributed by atoms with Crippen LogP contribution >= 0.6 is 0 Å². The van der Waals surface area contributed by atoms with Crippen molar-refractivity contribution in [3.63, 3.8) is 0 Å². The lowest BCUT2D eigenvalue weighted by Crippen LogP contribution is -2.47. The van der Waals surface area contributed by atoms with Gasteiger partial charge < -0.3 is 5.32 Å². The molecular formula is C21H31N5O2S. The standard InChI is InChI=1S/C21H31N5O2S/c1-5-25(6-2)29(27,28)26-12-8-10-18(15-26)20-14-19(13-17(4)23-20)24-21-16(3)9-7-11-22-21/h7,9,11,13-14,18H,5-6,8,10,12,15H2,1-4H3,(H,22,23,24). The Morgan fingerprint density at radius 3 is 2.69 bits per heavy atom. The molecule has 158 valence electrons. The summed E-state index contributed by atoms with van der Waals surface area (Å²) in [6.07, 6.45) is 3.53. The van der Waals surface area contributed by atoms with Crippen LogP contribution in [-0.2, 0) is 10.2 Å². The first-order chi connectivity index (χ1) is 13.8. The van der Waals surface area contributed by atoms with Gasteiger partial charge in [-0.25, -0.2) is 4.98 Å². The molecule has 1 saturated heterocycles. The second-order valence-corrected chi connectivity index (χ2v) is 9.43. The number of aryl methyl sites for hydroxylation is 2. The molecule has 3 heterocycles. The zero-order valence-corrected chi connectivity index (χ0v) is 18.5. The number of hydrogen-bond donors (Lipinski definition) is 1. The molecule has 1 unspecified atom stereocenters. The van der Waals surface area contributed by atoms with Crippen LogP contribution in [0.1, 0.15) is 49.6 Å². The second-order valence-electron chi connectivity index (χ2n) is 7.51. The van der Waals surface area contributed by atoms with E-state index in [0.717, 1.165) is 41.3 Å². The molecule has 0 aliphatic carbocycles. The largest absolute Gasteiger partial charge is 0.340 e. The molecule has 0 aromatic carbocycles. The predicted molar refractivity (Wildman–Crippen MR) is 117 cm³/mol. The van der Waals surface area contributed by atoms with Crippen LogP contribution < -0.4 is 5.32 Å². The number of piperidine rings is 1. The van der Waals surface area contributed by atoms with E-state index < -0.39 is 10.2 Å². The fraction of sp³-hybridized carbons (Fsp3) is 0.524. The van der Waals surface area contributed by atoms with Crippen LogP contribution in [0.25, 0.3) is 0 Å². The van der Waals surface area contributed by atoms with Gasteiger partial charge in [-0.3, -0.25) is 4.98 Å². The van der Waals surface area contributed by atoms with Gasteiger partial charge in [-0.15, -0.1) is 0 Å². The van der Waals surface area contributed by atoms with Crippen LogP contribution in [0.5, 0.6) is 0 Å². The lowest BCUT2D eigenvalue weighted by atomic mass is 9.95. The van der Waals surface area contributed by atoms with E-state index in [9.17, 15) is 8.42 Å². The van der Waals surface area contributed by atoms with E-state index in [1.54, 1.807) is 10.5 Å². The number of nitrogens with zero attached hydrogens (tertiary/aromatic N) is 4. The van der Waals surface area contributed by atoms with Crippen molar-refractivity contribution in [2.75, 3.05) is 31.5 Å². The van der Waals surface area contributed by atoms with E-state index in [0.29, 0.717) is 26.2 Å². The zero-order valence-electron chi connectivity index (χ0n) is 17.7. The van der Waals surface area contributed by atoms with Gasteiger partial charge in [0.25, 0.3) is 10.2 Å². The number of pyridine rings is 2. The van der Waals surface area contributed by atoms with Gasteiger partial charge in [0.15, 0.2) is 0 Å². The molecule has 7 nitrogen and oxygen atoms in total. The third-order valence-corrected chi connectivity index (χ3v) is 7.56. The van der Waals surface area contributed by atoms with Crippen molar-refractivity contribution in [1.82, 2.24) is 18.6 Å². The van der Waals surface area contributed by atoms with E-state index >= 15 is 0 Å².